The molecule has 10 heteroatoms. The summed E-state index contributed by atoms with van der Waals surface area (Å²) in [5, 5.41) is 45.8. The second kappa shape index (κ2) is 16.3. The van der Waals surface area contributed by atoms with Gasteiger partial charge < -0.3 is 39.7 Å². The molecule has 3 heterocycles. The van der Waals surface area contributed by atoms with Crippen LogP contribution in [-0.2, 0) is 23.5 Å². The Bertz CT molecular complexity index is 1510. The van der Waals surface area contributed by atoms with Crippen LogP contribution in [0.5, 0.6) is 11.5 Å². The number of phenols is 1. The Balaban J connectivity index is 0.977. The molecule has 2 bridgehead atoms. The minimum atomic E-state index is -0.938. The molecule has 1 aliphatic carbocycles. The van der Waals surface area contributed by atoms with Gasteiger partial charge in [0.25, 0.3) is 0 Å². The highest BCUT2D eigenvalue weighted by Crippen LogP contribution is 2.43. The first-order chi connectivity index (χ1) is 23.7. The summed E-state index contributed by atoms with van der Waals surface area (Å²) in [5.74, 6) is 1.28. The van der Waals surface area contributed by atoms with E-state index in [0.29, 0.717) is 52.6 Å². The van der Waals surface area contributed by atoms with Gasteiger partial charge in [0.15, 0.2) is 5.75 Å². The fourth-order valence-electron chi connectivity index (χ4n) is 8.36. The smallest absolute Gasteiger partial charge is 0.156 e. The van der Waals surface area contributed by atoms with Crippen molar-refractivity contribution in [2.45, 2.75) is 75.9 Å². The SMILES string of the molecule is OCc1cc([C@@H](O)CNCc2cc(Cl)c(OCCC[N+]34CCC(CC3)[C@@H](OC[C@@](O)(c3ccccc3)C3CCCC3)C4)c(Cl)c2)ccc1O. The average Bonchev–Trinajstić information content (AvgIpc) is 3.67. The molecule has 3 aliphatic heterocycles. The van der Waals surface area contributed by atoms with Crippen LogP contribution in [0.25, 0.3) is 0 Å². The van der Waals surface area contributed by atoms with Crippen molar-refractivity contribution in [3.8, 4) is 11.5 Å². The molecule has 0 aromatic heterocycles. The highest BCUT2D eigenvalue weighted by molar-refractivity contribution is 6.37. The maximum atomic E-state index is 12.0. The van der Waals surface area contributed by atoms with Crippen molar-refractivity contribution in [2.24, 2.45) is 11.8 Å². The summed E-state index contributed by atoms with van der Waals surface area (Å²) in [4.78, 5) is 0. The van der Waals surface area contributed by atoms with Crippen molar-refractivity contribution >= 4 is 23.2 Å². The Morgan fingerprint density at radius 3 is 2.37 bits per heavy atom. The minimum Gasteiger partial charge on any atom is -0.508 e. The van der Waals surface area contributed by atoms with Gasteiger partial charge in [0.1, 0.15) is 24.0 Å². The molecule has 4 aliphatic rings. The molecule has 0 radical (unpaired) electrons. The number of piperidine rings is 3. The van der Waals surface area contributed by atoms with Gasteiger partial charge in [-0.15, -0.1) is 0 Å². The number of aromatic hydroxyl groups is 1. The van der Waals surface area contributed by atoms with Gasteiger partial charge in [-0.1, -0.05) is 72.4 Å². The predicted molar refractivity (Wildman–Crippen MR) is 192 cm³/mol. The molecule has 1 saturated carbocycles. The number of nitrogens with one attached hydrogen (secondary N) is 1. The third-order valence-electron chi connectivity index (χ3n) is 11.3. The second-order valence-corrected chi connectivity index (χ2v) is 15.3. The van der Waals surface area contributed by atoms with E-state index in [1.54, 1.807) is 12.1 Å². The molecule has 5 N–H and O–H groups in total. The topological polar surface area (TPSA) is 111 Å². The van der Waals surface area contributed by atoms with Gasteiger partial charge in [-0.2, -0.15) is 0 Å². The fraction of sp³-hybridized carbons (Fsp3) is 0.538. The second-order valence-electron chi connectivity index (χ2n) is 14.4. The number of aliphatic hydroxyl groups is 3. The van der Waals surface area contributed by atoms with Gasteiger partial charge in [-0.05, 0) is 59.7 Å². The number of halogens is 2. The van der Waals surface area contributed by atoms with Gasteiger partial charge in [-0.25, -0.2) is 0 Å². The largest absolute Gasteiger partial charge is 0.508 e. The maximum absolute atomic E-state index is 12.0. The van der Waals surface area contributed by atoms with E-state index in [1.165, 1.54) is 18.9 Å². The van der Waals surface area contributed by atoms with Gasteiger partial charge in [-0.3, -0.25) is 0 Å². The van der Waals surface area contributed by atoms with Crippen molar-refractivity contribution in [1.82, 2.24) is 5.32 Å². The zero-order chi connectivity index (χ0) is 34.4. The van der Waals surface area contributed by atoms with Crippen molar-refractivity contribution in [1.29, 1.82) is 0 Å². The van der Waals surface area contributed by atoms with Gasteiger partial charge in [0, 0.05) is 43.8 Å². The van der Waals surface area contributed by atoms with Gasteiger partial charge in [0.2, 0.25) is 0 Å². The molecule has 7 rings (SSSR count). The maximum Gasteiger partial charge on any atom is 0.156 e. The van der Waals surface area contributed by atoms with E-state index >= 15 is 0 Å². The average molecular weight is 715 g/mol. The molecule has 49 heavy (non-hydrogen) atoms. The Morgan fingerprint density at radius 1 is 0.959 bits per heavy atom. The van der Waals surface area contributed by atoms with Crippen LogP contribution in [-0.4, -0.2) is 77.0 Å². The van der Waals surface area contributed by atoms with E-state index in [4.69, 9.17) is 32.7 Å². The van der Waals surface area contributed by atoms with Crippen LogP contribution in [0.2, 0.25) is 10.0 Å². The summed E-state index contributed by atoms with van der Waals surface area (Å²) in [7, 11) is 0. The lowest BCUT2D eigenvalue weighted by Gasteiger charge is -2.53. The highest BCUT2D eigenvalue weighted by atomic mass is 35.5. The molecule has 0 unspecified atom stereocenters. The van der Waals surface area contributed by atoms with Crippen LogP contribution >= 0.6 is 23.2 Å². The number of benzene rings is 3. The zero-order valence-electron chi connectivity index (χ0n) is 28.2. The molecule has 266 valence electrons. The normalized spacial score (nSPS) is 24.2. The molecular weight excluding hydrogens is 663 g/mol. The molecule has 0 spiro atoms. The Hall–Kier alpha value is -2.40. The van der Waals surface area contributed by atoms with Crippen molar-refractivity contribution in [3.05, 3.63) is 93.0 Å². The van der Waals surface area contributed by atoms with Crippen molar-refractivity contribution in [2.75, 3.05) is 45.9 Å². The van der Waals surface area contributed by atoms with Crippen LogP contribution in [0, 0.1) is 11.8 Å². The Kier molecular flexibility index (Phi) is 12.1. The van der Waals surface area contributed by atoms with E-state index in [0.717, 1.165) is 73.9 Å². The van der Waals surface area contributed by atoms with Crippen molar-refractivity contribution in [3.63, 3.8) is 0 Å². The van der Waals surface area contributed by atoms with Gasteiger partial charge in [0.05, 0.1) is 55.6 Å². The first-order valence-electron chi connectivity index (χ1n) is 17.9. The van der Waals surface area contributed by atoms with Gasteiger partial charge >= 0.3 is 0 Å². The quantitative estimate of drug-likeness (QED) is 0.0853. The fourth-order valence-corrected chi connectivity index (χ4v) is 9.00. The van der Waals surface area contributed by atoms with Crippen LogP contribution in [0.1, 0.15) is 73.3 Å². The molecule has 3 saturated heterocycles. The number of quaternary nitrogens is 1. The summed E-state index contributed by atoms with van der Waals surface area (Å²) in [6.07, 6.45) is 6.98. The number of aliphatic hydroxyl groups excluding tert-OH is 2. The number of rotatable bonds is 16. The minimum absolute atomic E-state index is 0.000133. The predicted octanol–water partition coefficient (Wildman–Crippen LogP) is 6.49. The lowest BCUT2D eigenvalue weighted by molar-refractivity contribution is -0.946. The molecule has 4 fully saturated rings. The first-order valence-corrected chi connectivity index (χ1v) is 18.6. The summed E-state index contributed by atoms with van der Waals surface area (Å²) in [5.41, 5.74) is 1.88. The number of hydrogen-bond acceptors (Lipinski definition) is 7. The molecular formula is C39H51Cl2N2O6+. The Labute approximate surface area is 300 Å². The number of ether oxygens (including phenoxy) is 2. The molecule has 0 amide bonds. The summed E-state index contributed by atoms with van der Waals surface area (Å²) >= 11 is 13.2. The lowest BCUT2D eigenvalue weighted by Crippen LogP contribution is -2.65. The number of fused-ring (bicyclic) bond motifs is 3. The summed E-state index contributed by atoms with van der Waals surface area (Å²) in [6.45, 7) is 5.57. The van der Waals surface area contributed by atoms with Crippen LogP contribution in [0.4, 0.5) is 0 Å². The van der Waals surface area contributed by atoms with E-state index in [1.807, 2.05) is 30.3 Å². The molecule has 3 aromatic rings. The first kappa shape index (κ1) is 36.4. The molecule has 8 nitrogen and oxygen atoms in total. The van der Waals surface area contributed by atoms with E-state index in [2.05, 4.69) is 17.4 Å². The van der Waals surface area contributed by atoms with Crippen LogP contribution < -0.4 is 10.1 Å². The third-order valence-corrected chi connectivity index (χ3v) is 11.8. The summed E-state index contributed by atoms with van der Waals surface area (Å²) < 4.78 is 13.9. The highest BCUT2D eigenvalue weighted by Gasteiger charge is 2.48. The van der Waals surface area contributed by atoms with Crippen molar-refractivity contribution < 1.29 is 34.4 Å². The lowest BCUT2D eigenvalue weighted by atomic mass is 9.80. The third kappa shape index (κ3) is 8.57. The molecule has 3 atom stereocenters. The zero-order valence-corrected chi connectivity index (χ0v) is 29.7. The monoisotopic (exact) mass is 713 g/mol. The van der Waals surface area contributed by atoms with E-state index in [9.17, 15) is 20.4 Å². The number of nitrogens with zero attached hydrogens (tertiary/aromatic N) is 1. The summed E-state index contributed by atoms with van der Waals surface area (Å²) in [6, 6.07) is 18.5. The standard InChI is InChI=1S/C39H50Cl2N2O6/c40-33-19-27(22-42-23-36(46)29-11-12-35(45)30(21-29)25-44)20-34(41)38(33)48-18-6-15-43-16-13-28(14-17-43)37(24-43)49-26-39(47,32-9-4-5-10-32)31-7-2-1-3-8-31/h1-3,7-8,11-12,19-21,28,32,36-37,42,44,46-47H,4-6,9-10,13-18,22-26H2/p+1/t28?,36-,37-,39+,43?/m0/s1. The molecule has 3 aromatic carbocycles. The van der Waals surface area contributed by atoms with E-state index < -0.39 is 11.7 Å². The Morgan fingerprint density at radius 2 is 1.67 bits per heavy atom. The van der Waals surface area contributed by atoms with Crippen LogP contribution in [0.3, 0.4) is 0 Å². The number of hydrogen-bond donors (Lipinski definition) is 5. The van der Waals surface area contributed by atoms with Crippen LogP contribution in [0.15, 0.2) is 60.7 Å². The van der Waals surface area contributed by atoms with E-state index in [-0.39, 0.29) is 30.9 Å².